The number of carbonyl (C=O) groups excluding carboxylic acids is 1. The maximum Gasteiger partial charge on any atom is 0.234 e. The number of ether oxygens (including phenoxy) is 2. The van der Waals surface area contributed by atoms with Crippen molar-refractivity contribution in [2.45, 2.75) is 5.03 Å². The summed E-state index contributed by atoms with van der Waals surface area (Å²) < 4.78 is 11.2. The van der Waals surface area contributed by atoms with Crippen molar-refractivity contribution in [1.29, 1.82) is 5.26 Å². The van der Waals surface area contributed by atoms with Crippen LogP contribution in [0.15, 0.2) is 47.5 Å². The van der Waals surface area contributed by atoms with Crippen LogP contribution in [0.5, 0.6) is 11.5 Å². The van der Waals surface area contributed by atoms with Gasteiger partial charge in [-0.2, -0.15) is 5.26 Å². The summed E-state index contributed by atoms with van der Waals surface area (Å²) in [5, 5.41) is 14.1. The van der Waals surface area contributed by atoms with Gasteiger partial charge >= 0.3 is 0 Å². The van der Waals surface area contributed by atoms with E-state index in [9.17, 15) is 10.1 Å². The number of fused-ring (bicyclic) bond motifs is 2. The number of rotatable bonds is 4. The van der Waals surface area contributed by atoms with Gasteiger partial charge in [-0.25, -0.2) is 4.98 Å². The van der Waals surface area contributed by atoms with Crippen LogP contribution in [0.25, 0.3) is 10.9 Å². The van der Waals surface area contributed by atoms with Crippen molar-refractivity contribution in [3.63, 3.8) is 0 Å². The van der Waals surface area contributed by atoms with E-state index in [0.717, 1.165) is 5.39 Å². The normalized spacial score (nSPS) is 12.4. The van der Waals surface area contributed by atoms with Gasteiger partial charge in [-0.3, -0.25) is 4.79 Å². The van der Waals surface area contributed by atoms with Crippen LogP contribution < -0.4 is 14.8 Å². The van der Waals surface area contributed by atoms with Crippen molar-refractivity contribution >= 4 is 45.9 Å². The second-order valence-corrected chi connectivity index (χ2v) is 7.39. The van der Waals surface area contributed by atoms with Gasteiger partial charge in [-0.15, -0.1) is 0 Å². The lowest BCUT2D eigenvalue weighted by atomic mass is 10.1. The molecule has 4 rings (SSSR count). The van der Waals surface area contributed by atoms with Gasteiger partial charge in [0.2, 0.25) is 5.91 Å². The molecule has 1 aromatic heterocycles. The van der Waals surface area contributed by atoms with Gasteiger partial charge in [0, 0.05) is 22.2 Å². The molecule has 1 amide bonds. The Labute approximate surface area is 170 Å². The molecule has 6 nitrogen and oxygen atoms in total. The van der Waals surface area contributed by atoms with Crippen LogP contribution >= 0.6 is 23.4 Å². The lowest BCUT2D eigenvalue weighted by molar-refractivity contribution is -0.113. The van der Waals surface area contributed by atoms with E-state index in [1.165, 1.54) is 11.8 Å². The molecule has 0 radical (unpaired) electrons. The number of anilines is 1. The second-order valence-electron chi connectivity index (χ2n) is 5.99. The maximum absolute atomic E-state index is 12.2. The van der Waals surface area contributed by atoms with Gasteiger partial charge in [0.15, 0.2) is 11.5 Å². The van der Waals surface area contributed by atoms with Gasteiger partial charge in [-0.1, -0.05) is 29.4 Å². The van der Waals surface area contributed by atoms with E-state index >= 15 is 0 Å². The number of amides is 1. The zero-order valence-corrected chi connectivity index (χ0v) is 16.1. The number of hydrogen-bond acceptors (Lipinski definition) is 6. The molecule has 1 aliphatic heterocycles. The topological polar surface area (TPSA) is 84.2 Å². The van der Waals surface area contributed by atoms with E-state index in [1.54, 1.807) is 36.4 Å². The average molecular weight is 412 g/mol. The molecule has 0 atom stereocenters. The van der Waals surface area contributed by atoms with E-state index in [1.807, 2.05) is 6.07 Å². The Hall–Kier alpha value is -2.95. The lowest BCUT2D eigenvalue weighted by Crippen LogP contribution is -2.15. The Morgan fingerprint density at radius 2 is 2.00 bits per heavy atom. The molecule has 0 aliphatic carbocycles. The quantitative estimate of drug-likeness (QED) is 0.645. The molecule has 0 saturated carbocycles. The number of carbonyl (C=O) groups is 1. The highest BCUT2D eigenvalue weighted by atomic mass is 35.5. The summed E-state index contributed by atoms with van der Waals surface area (Å²) in [6.07, 6.45) is 0. The highest BCUT2D eigenvalue weighted by Gasteiger charge is 2.16. The predicted molar refractivity (Wildman–Crippen MR) is 108 cm³/mol. The number of nitrogens with one attached hydrogen (secondary N) is 1. The van der Waals surface area contributed by atoms with Gasteiger partial charge in [0.1, 0.15) is 24.3 Å². The fourth-order valence-corrected chi connectivity index (χ4v) is 3.73. The van der Waals surface area contributed by atoms with Crippen molar-refractivity contribution in [3.05, 3.63) is 53.1 Å². The predicted octanol–water partition coefficient (Wildman–Crippen LogP) is 4.26. The molecule has 3 aromatic rings. The van der Waals surface area contributed by atoms with Crippen LogP contribution in [-0.2, 0) is 4.79 Å². The molecule has 0 unspecified atom stereocenters. The molecule has 28 heavy (non-hydrogen) atoms. The third-order valence-electron chi connectivity index (χ3n) is 4.01. The molecule has 2 heterocycles. The van der Waals surface area contributed by atoms with Crippen LogP contribution in [0, 0.1) is 11.3 Å². The summed E-state index contributed by atoms with van der Waals surface area (Å²) in [7, 11) is 0. The van der Waals surface area contributed by atoms with Crippen molar-refractivity contribution in [2.75, 3.05) is 24.3 Å². The van der Waals surface area contributed by atoms with Gasteiger partial charge < -0.3 is 14.8 Å². The molecule has 1 N–H and O–H groups in total. The first-order valence-electron chi connectivity index (χ1n) is 8.45. The second kappa shape index (κ2) is 7.97. The summed E-state index contributed by atoms with van der Waals surface area (Å²) in [6.45, 7) is 0.979. The first-order valence-corrected chi connectivity index (χ1v) is 9.81. The number of halogens is 1. The molecule has 8 heteroatoms. The van der Waals surface area contributed by atoms with E-state index in [2.05, 4.69) is 16.4 Å². The zero-order chi connectivity index (χ0) is 19.5. The first kappa shape index (κ1) is 18.4. The number of aromatic nitrogens is 1. The smallest absolute Gasteiger partial charge is 0.234 e. The van der Waals surface area contributed by atoms with E-state index in [0.29, 0.717) is 51.5 Å². The molecular formula is C20H14ClN3O3S. The molecule has 0 bridgehead atoms. The molecule has 1 aliphatic rings. The molecule has 2 aromatic carbocycles. The lowest BCUT2D eigenvalue weighted by Gasteiger charge is -2.18. The number of nitriles is 1. The summed E-state index contributed by atoms with van der Waals surface area (Å²) in [5.74, 6) is 1.18. The Morgan fingerprint density at radius 1 is 1.21 bits per heavy atom. The van der Waals surface area contributed by atoms with Gasteiger partial charge in [0.05, 0.1) is 16.8 Å². The highest BCUT2D eigenvalue weighted by Crippen LogP contribution is 2.35. The number of thioether (sulfide) groups is 1. The number of benzene rings is 2. The van der Waals surface area contributed by atoms with Crippen molar-refractivity contribution < 1.29 is 14.3 Å². The number of nitrogens with zero attached hydrogens (tertiary/aromatic N) is 2. The van der Waals surface area contributed by atoms with E-state index < -0.39 is 0 Å². The Bertz CT molecular complexity index is 1110. The van der Waals surface area contributed by atoms with Crippen molar-refractivity contribution in [2.24, 2.45) is 0 Å². The molecule has 140 valence electrons. The highest BCUT2D eigenvalue weighted by molar-refractivity contribution is 8.00. The summed E-state index contributed by atoms with van der Waals surface area (Å²) >= 11 is 7.13. The Kier molecular flexibility index (Phi) is 5.24. The average Bonchev–Trinajstić information content (AvgIpc) is 2.70. The summed E-state index contributed by atoms with van der Waals surface area (Å²) in [6, 6.07) is 14.4. The Balaban J connectivity index is 1.54. The van der Waals surface area contributed by atoms with Crippen LogP contribution in [-0.4, -0.2) is 29.9 Å². The van der Waals surface area contributed by atoms with Crippen LogP contribution in [0.2, 0.25) is 5.02 Å². The molecule has 0 saturated heterocycles. The van der Waals surface area contributed by atoms with E-state index in [-0.39, 0.29) is 11.7 Å². The fraction of sp³-hybridized carbons (Fsp3) is 0.150. The largest absolute Gasteiger partial charge is 0.486 e. The number of pyridine rings is 1. The minimum absolute atomic E-state index is 0.115. The maximum atomic E-state index is 12.2. The van der Waals surface area contributed by atoms with E-state index in [4.69, 9.17) is 21.1 Å². The first-order chi connectivity index (χ1) is 13.6. The number of hydrogen-bond donors (Lipinski definition) is 1. The van der Waals surface area contributed by atoms with Gasteiger partial charge in [-0.05, 0) is 30.3 Å². The third kappa shape index (κ3) is 3.98. The monoisotopic (exact) mass is 411 g/mol. The third-order valence-corrected chi connectivity index (χ3v) is 5.24. The van der Waals surface area contributed by atoms with Gasteiger partial charge in [0.25, 0.3) is 0 Å². The van der Waals surface area contributed by atoms with Crippen LogP contribution in [0.3, 0.4) is 0 Å². The Morgan fingerprint density at radius 3 is 2.75 bits per heavy atom. The summed E-state index contributed by atoms with van der Waals surface area (Å²) in [5.41, 5.74) is 1.71. The zero-order valence-electron chi connectivity index (χ0n) is 14.6. The molecule has 0 spiro atoms. The minimum Gasteiger partial charge on any atom is -0.486 e. The fourth-order valence-electron chi connectivity index (χ4n) is 2.78. The van der Waals surface area contributed by atoms with Crippen molar-refractivity contribution in [1.82, 2.24) is 4.98 Å². The summed E-state index contributed by atoms with van der Waals surface area (Å²) in [4.78, 5) is 16.8. The molecule has 0 fully saturated rings. The van der Waals surface area contributed by atoms with Crippen LogP contribution in [0.1, 0.15) is 5.56 Å². The standard InChI is InChI=1S/C20H14ClN3O3S/c21-14-2-1-3-15(8-14)23-19(25)11-28-20-13(10-22)6-12-7-17-18(9-16(12)24-20)27-5-4-26-17/h1-3,6-9H,4-5,11H2,(H,23,25). The SMILES string of the molecule is N#Cc1cc2cc3c(cc2nc1SCC(=O)Nc1cccc(Cl)c1)OCCO3. The van der Waals surface area contributed by atoms with Crippen molar-refractivity contribution in [3.8, 4) is 17.6 Å². The minimum atomic E-state index is -0.208. The van der Waals surface area contributed by atoms with Crippen LogP contribution in [0.4, 0.5) is 5.69 Å². The molecular weight excluding hydrogens is 398 g/mol.